The fraction of sp³-hybridized carbons (Fsp3) is 0.333. The monoisotopic (exact) mass is 273 g/mol. The number of hydrogen-bond acceptors (Lipinski definition) is 3. The highest BCUT2D eigenvalue weighted by Crippen LogP contribution is 2.38. The van der Waals surface area contributed by atoms with Gasteiger partial charge in [-0.25, -0.2) is 4.98 Å². The second-order valence-corrected chi connectivity index (χ2v) is 5.26. The SMILES string of the molecule is C[C@H](c1c[nH]cn1)C(c1ccccc1)C(C)(N)C(=O)O. The second-order valence-electron chi connectivity index (χ2n) is 5.26. The number of carbonyl (C=O) groups is 1. The Balaban J connectivity index is 2.48. The zero-order valence-corrected chi connectivity index (χ0v) is 11.6. The molecular formula is C15H19N3O2. The maximum atomic E-state index is 11.6. The van der Waals surface area contributed by atoms with Crippen molar-refractivity contribution in [3.8, 4) is 0 Å². The first-order valence-electron chi connectivity index (χ1n) is 6.50. The Morgan fingerprint density at radius 3 is 2.55 bits per heavy atom. The second kappa shape index (κ2) is 5.46. The molecule has 1 aromatic carbocycles. The number of H-pyrrole nitrogens is 1. The van der Waals surface area contributed by atoms with Gasteiger partial charge in [0.05, 0.1) is 12.0 Å². The lowest BCUT2D eigenvalue weighted by Gasteiger charge is -2.34. The van der Waals surface area contributed by atoms with Crippen molar-refractivity contribution in [2.45, 2.75) is 31.2 Å². The number of nitrogens with zero attached hydrogens (tertiary/aromatic N) is 1. The average Bonchev–Trinajstić information content (AvgIpc) is 2.93. The third kappa shape index (κ3) is 2.58. The number of aromatic amines is 1. The summed E-state index contributed by atoms with van der Waals surface area (Å²) >= 11 is 0. The number of imidazole rings is 1. The Labute approximate surface area is 117 Å². The molecule has 0 fully saturated rings. The van der Waals surface area contributed by atoms with Gasteiger partial charge in [-0.2, -0.15) is 0 Å². The van der Waals surface area contributed by atoms with Crippen LogP contribution in [0.1, 0.15) is 36.9 Å². The maximum absolute atomic E-state index is 11.6. The average molecular weight is 273 g/mol. The highest BCUT2D eigenvalue weighted by atomic mass is 16.4. The molecule has 20 heavy (non-hydrogen) atoms. The van der Waals surface area contributed by atoms with E-state index in [0.29, 0.717) is 0 Å². The Kier molecular flexibility index (Phi) is 3.90. The summed E-state index contributed by atoms with van der Waals surface area (Å²) in [6.45, 7) is 3.50. The van der Waals surface area contributed by atoms with Crippen molar-refractivity contribution in [1.82, 2.24) is 9.97 Å². The van der Waals surface area contributed by atoms with Crippen LogP contribution in [0.3, 0.4) is 0 Å². The third-order valence-corrected chi connectivity index (χ3v) is 3.75. The number of rotatable bonds is 5. The molecule has 1 heterocycles. The molecule has 0 aliphatic heterocycles. The van der Waals surface area contributed by atoms with Crippen molar-refractivity contribution in [3.63, 3.8) is 0 Å². The Morgan fingerprint density at radius 2 is 2.05 bits per heavy atom. The molecule has 0 aliphatic rings. The number of aliphatic carboxylic acids is 1. The summed E-state index contributed by atoms with van der Waals surface area (Å²) in [6, 6.07) is 9.48. The van der Waals surface area contributed by atoms with Crippen LogP contribution in [0.2, 0.25) is 0 Å². The first-order valence-corrected chi connectivity index (χ1v) is 6.50. The molecule has 1 aromatic heterocycles. The summed E-state index contributed by atoms with van der Waals surface area (Å²) in [5.74, 6) is -1.51. The van der Waals surface area contributed by atoms with Crippen molar-refractivity contribution in [1.29, 1.82) is 0 Å². The van der Waals surface area contributed by atoms with Crippen molar-refractivity contribution < 1.29 is 9.90 Å². The van der Waals surface area contributed by atoms with Gasteiger partial charge in [0.2, 0.25) is 0 Å². The van der Waals surface area contributed by atoms with E-state index >= 15 is 0 Å². The lowest BCUT2D eigenvalue weighted by atomic mass is 9.73. The zero-order chi connectivity index (χ0) is 14.8. The van der Waals surface area contributed by atoms with E-state index in [1.54, 1.807) is 19.4 Å². The standard InChI is InChI=1S/C15H19N3O2/c1-10(12-8-17-9-18-12)13(15(2,16)14(19)20)11-6-4-3-5-7-11/h3-10,13H,16H2,1-2H3,(H,17,18)(H,19,20)/t10-,13?,15?/m1/s1. The van der Waals surface area contributed by atoms with Crippen molar-refractivity contribution in [2.24, 2.45) is 5.73 Å². The van der Waals surface area contributed by atoms with Gasteiger partial charge in [-0.15, -0.1) is 0 Å². The van der Waals surface area contributed by atoms with Crippen LogP contribution in [0.25, 0.3) is 0 Å². The molecular weight excluding hydrogens is 254 g/mol. The number of nitrogens with two attached hydrogens (primary N) is 1. The molecule has 106 valence electrons. The number of carboxylic acid groups (broad SMARTS) is 1. The van der Waals surface area contributed by atoms with Gasteiger partial charge in [-0.05, 0) is 12.5 Å². The topological polar surface area (TPSA) is 92.0 Å². The fourth-order valence-corrected chi connectivity index (χ4v) is 2.64. The number of benzene rings is 1. The van der Waals surface area contributed by atoms with Gasteiger partial charge in [0.15, 0.2) is 0 Å². The highest BCUT2D eigenvalue weighted by molar-refractivity contribution is 5.79. The predicted octanol–water partition coefficient (Wildman–Crippen LogP) is 2.10. The lowest BCUT2D eigenvalue weighted by molar-refractivity contribution is -0.143. The minimum absolute atomic E-state index is 0.116. The van der Waals surface area contributed by atoms with Crippen LogP contribution in [0, 0.1) is 0 Å². The largest absolute Gasteiger partial charge is 0.480 e. The summed E-state index contributed by atoms with van der Waals surface area (Å²) < 4.78 is 0. The van der Waals surface area contributed by atoms with Gasteiger partial charge in [-0.1, -0.05) is 37.3 Å². The molecule has 0 spiro atoms. The molecule has 2 aromatic rings. The summed E-state index contributed by atoms with van der Waals surface area (Å²) in [4.78, 5) is 18.7. The molecule has 0 amide bonds. The van der Waals surface area contributed by atoms with Crippen molar-refractivity contribution in [3.05, 3.63) is 54.1 Å². The smallest absolute Gasteiger partial charge is 0.324 e. The minimum atomic E-state index is -1.38. The molecule has 0 saturated carbocycles. The van der Waals surface area contributed by atoms with E-state index in [1.807, 2.05) is 37.3 Å². The van der Waals surface area contributed by atoms with Gasteiger partial charge in [0.25, 0.3) is 0 Å². The van der Waals surface area contributed by atoms with E-state index < -0.39 is 11.5 Å². The quantitative estimate of drug-likeness (QED) is 0.778. The van der Waals surface area contributed by atoms with Crippen LogP contribution in [0.4, 0.5) is 0 Å². The maximum Gasteiger partial charge on any atom is 0.324 e. The summed E-state index contributed by atoms with van der Waals surface area (Å²) in [6.07, 6.45) is 3.36. The zero-order valence-electron chi connectivity index (χ0n) is 11.6. The van der Waals surface area contributed by atoms with Gasteiger partial charge in [-0.3, -0.25) is 4.79 Å². The van der Waals surface area contributed by atoms with Gasteiger partial charge >= 0.3 is 5.97 Å². The Bertz CT molecular complexity index is 564. The molecule has 0 aliphatic carbocycles. The molecule has 5 nitrogen and oxygen atoms in total. The predicted molar refractivity (Wildman–Crippen MR) is 76.4 cm³/mol. The van der Waals surface area contributed by atoms with E-state index in [1.165, 1.54) is 0 Å². The van der Waals surface area contributed by atoms with Crippen LogP contribution < -0.4 is 5.73 Å². The van der Waals surface area contributed by atoms with Crippen molar-refractivity contribution >= 4 is 5.97 Å². The molecule has 0 radical (unpaired) electrons. The molecule has 0 saturated heterocycles. The molecule has 5 heteroatoms. The van der Waals surface area contributed by atoms with E-state index in [4.69, 9.17) is 5.73 Å². The van der Waals surface area contributed by atoms with Gasteiger partial charge in [0, 0.05) is 18.0 Å². The van der Waals surface area contributed by atoms with E-state index in [-0.39, 0.29) is 11.8 Å². The van der Waals surface area contributed by atoms with Gasteiger partial charge in [0.1, 0.15) is 5.54 Å². The number of nitrogens with one attached hydrogen (secondary N) is 1. The summed E-state index contributed by atoms with van der Waals surface area (Å²) in [7, 11) is 0. The minimum Gasteiger partial charge on any atom is -0.480 e. The molecule has 0 bridgehead atoms. The highest BCUT2D eigenvalue weighted by Gasteiger charge is 2.42. The van der Waals surface area contributed by atoms with Gasteiger partial charge < -0.3 is 15.8 Å². The van der Waals surface area contributed by atoms with Crippen LogP contribution in [-0.4, -0.2) is 26.6 Å². The fourth-order valence-electron chi connectivity index (χ4n) is 2.64. The Hall–Kier alpha value is -2.14. The van der Waals surface area contributed by atoms with Crippen LogP contribution in [-0.2, 0) is 4.79 Å². The number of carboxylic acids is 1. The Morgan fingerprint density at radius 1 is 1.40 bits per heavy atom. The summed E-state index contributed by atoms with van der Waals surface area (Å²) in [5.41, 5.74) is 6.43. The third-order valence-electron chi connectivity index (χ3n) is 3.75. The number of aromatic nitrogens is 2. The first kappa shape index (κ1) is 14.3. The molecule has 2 rings (SSSR count). The number of hydrogen-bond donors (Lipinski definition) is 3. The van der Waals surface area contributed by atoms with Crippen molar-refractivity contribution in [2.75, 3.05) is 0 Å². The summed E-state index contributed by atoms with van der Waals surface area (Å²) in [5, 5.41) is 9.47. The van der Waals surface area contributed by atoms with Crippen LogP contribution in [0.15, 0.2) is 42.9 Å². The van der Waals surface area contributed by atoms with E-state index in [9.17, 15) is 9.90 Å². The molecule has 4 N–H and O–H groups in total. The van der Waals surface area contributed by atoms with E-state index in [0.717, 1.165) is 11.3 Å². The first-order chi connectivity index (χ1) is 9.44. The molecule has 3 atom stereocenters. The normalized spacial score (nSPS) is 17.1. The van der Waals surface area contributed by atoms with Crippen LogP contribution >= 0.6 is 0 Å². The van der Waals surface area contributed by atoms with E-state index in [2.05, 4.69) is 9.97 Å². The van der Waals surface area contributed by atoms with Crippen LogP contribution in [0.5, 0.6) is 0 Å². The lowest BCUT2D eigenvalue weighted by Crippen LogP contribution is -2.51. The molecule has 2 unspecified atom stereocenters.